The van der Waals surface area contributed by atoms with E-state index in [1.165, 1.54) is 0 Å². The molecule has 5 nitrogen and oxygen atoms in total. The maximum absolute atomic E-state index is 12.2. The zero-order chi connectivity index (χ0) is 18.7. The molecule has 1 saturated carbocycles. The molecule has 2 aromatic rings. The van der Waals surface area contributed by atoms with Crippen LogP contribution in [-0.4, -0.2) is 18.4 Å². The lowest BCUT2D eigenvalue weighted by Gasteiger charge is -2.14. The third-order valence-electron chi connectivity index (χ3n) is 4.18. The van der Waals surface area contributed by atoms with Crippen LogP contribution >= 0.6 is 23.2 Å². The second-order valence-corrected chi connectivity index (χ2v) is 7.11. The molecule has 2 amide bonds. The Morgan fingerprint density at radius 3 is 2.50 bits per heavy atom. The van der Waals surface area contributed by atoms with Gasteiger partial charge in [-0.25, -0.2) is 0 Å². The van der Waals surface area contributed by atoms with E-state index in [0.717, 1.165) is 29.8 Å². The Bertz CT molecular complexity index is 851. The highest BCUT2D eigenvalue weighted by Gasteiger charge is 2.29. The van der Waals surface area contributed by atoms with Gasteiger partial charge in [-0.15, -0.1) is 0 Å². The van der Waals surface area contributed by atoms with E-state index in [-0.39, 0.29) is 24.3 Å². The first kappa shape index (κ1) is 18.5. The molecule has 0 unspecified atom stereocenters. The van der Waals surface area contributed by atoms with E-state index in [2.05, 4.69) is 16.0 Å². The summed E-state index contributed by atoms with van der Waals surface area (Å²) in [4.78, 5) is 24.1. The SMILES string of the molecule is Cc1c(NCC(=O)Nc2cc(Cl)ccc2Cl)cccc1NC(=O)C1CC1. The lowest BCUT2D eigenvalue weighted by molar-refractivity contribution is -0.117. The van der Waals surface area contributed by atoms with Gasteiger partial charge >= 0.3 is 0 Å². The van der Waals surface area contributed by atoms with Crippen LogP contribution in [0.1, 0.15) is 18.4 Å². The third kappa shape index (κ3) is 4.68. The Labute approximate surface area is 162 Å². The van der Waals surface area contributed by atoms with E-state index in [0.29, 0.717) is 15.7 Å². The number of hydrogen-bond donors (Lipinski definition) is 3. The van der Waals surface area contributed by atoms with E-state index in [9.17, 15) is 9.59 Å². The summed E-state index contributed by atoms with van der Waals surface area (Å²) in [5.74, 6) is -0.0567. The molecular weight excluding hydrogens is 373 g/mol. The molecule has 3 rings (SSSR count). The Morgan fingerprint density at radius 1 is 1.04 bits per heavy atom. The minimum atomic E-state index is -0.249. The molecule has 0 heterocycles. The van der Waals surface area contributed by atoms with Crippen molar-refractivity contribution in [2.45, 2.75) is 19.8 Å². The lowest BCUT2D eigenvalue weighted by Crippen LogP contribution is -2.22. The molecule has 0 bridgehead atoms. The number of anilines is 3. The summed E-state index contributed by atoms with van der Waals surface area (Å²) in [7, 11) is 0. The molecule has 0 aromatic heterocycles. The summed E-state index contributed by atoms with van der Waals surface area (Å²) in [6.45, 7) is 1.96. The van der Waals surface area contributed by atoms with Gasteiger partial charge in [0.1, 0.15) is 0 Å². The molecule has 0 radical (unpaired) electrons. The number of benzene rings is 2. The largest absolute Gasteiger partial charge is 0.376 e. The van der Waals surface area contributed by atoms with Crippen LogP contribution in [0.25, 0.3) is 0 Å². The average Bonchev–Trinajstić information content (AvgIpc) is 3.44. The van der Waals surface area contributed by atoms with Gasteiger partial charge in [-0.05, 0) is 55.7 Å². The maximum atomic E-state index is 12.2. The van der Waals surface area contributed by atoms with Gasteiger partial charge in [0.25, 0.3) is 0 Å². The predicted octanol–water partition coefficient (Wildman–Crippen LogP) is 4.70. The molecule has 1 aliphatic rings. The molecule has 0 spiro atoms. The van der Waals surface area contributed by atoms with Crippen LogP contribution in [0, 0.1) is 12.8 Å². The Kier molecular flexibility index (Phi) is 5.69. The molecule has 0 atom stereocenters. The average molecular weight is 392 g/mol. The molecule has 2 aromatic carbocycles. The highest BCUT2D eigenvalue weighted by molar-refractivity contribution is 6.35. The van der Waals surface area contributed by atoms with Crippen molar-refractivity contribution in [2.75, 3.05) is 22.5 Å². The number of carbonyl (C=O) groups excluding carboxylic acids is 2. The molecule has 136 valence electrons. The van der Waals surface area contributed by atoms with E-state index < -0.39 is 0 Å². The summed E-state index contributed by atoms with van der Waals surface area (Å²) in [5, 5.41) is 9.66. The smallest absolute Gasteiger partial charge is 0.243 e. The van der Waals surface area contributed by atoms with Gasteiger partial charge in [0.15, 0.2) is 0 Å². The molecule has 7 heteroatoms. The van der Waals surface area contributed by atoms with E-state index in [1.807, 2.05) is 25.1 Å². The van der Waals surface area contributed by atoms with Gasteiger partial charge in [0.05, 0.1) is 17.3 Å². The van der Waals surface area contributed by atoms with Crippen LogP contribution in [-0.2, 0) is 9.59 Å². The van der Waals surface area contributed by atoms with Crippen LogP contribution < -0.4 is 16.0 Å². The highest BCUT2D eigenvalue weighted by Crippen LogP contribution is 2.31. The summed E-state index contributed by atoms with van der Waals surface area (Å²) in [6.07, 6.45) is 1.91. The van der Waals surface area contributed by atoms with Crippen molar-refractivity contribution in [2.24, 2.45) is 5.92 Å². The Morgan fingerprint density at radius 2 is 1.77 bits per heavy atom. The molecule has 3 N–H and O–H groups in total. The van der Waals surface area contributed by atoms with Crippen LogP contribution in [0.5, 0.6) is 0 Å². The number of carbonyl (C=O) groups is 2. The quantitative estimate of drug-likeness (QED) is 0.667. The van der Waals surface area contributed by atoms with Gasteiger partial charge in [0.2, 0.25) is 11.8 Å². The summed E-state index contributed by atoms with van der Waals surface area (Å²) >= 11 is 12.0. The van der Waals surface area contributed by atoms with Gasteiger partial charge < -0.3 is 16.0 Å². The first-order chi connectivity index (χ1) is 12.4. The predicted molar refractivity (Wildman–Crippen MR) is 106 cm³/mol. The van der Waals surface area contributed by atoms with E-state index in [4.69, 9.17) is 23.2 Å². The van der Waals surface area contributed by atoms with E-state index in [1.54, 1.807) is 18.2 Å². The van der Waals surface area contributed by atoms with Crippen LogP contribution in [0.4, 0.5) is 17.1 Å². The summed E-state index contributed by atoms with van der Waals surface area (Å²) in [5.41, 5.74) is 2.89. The molecule has 0 aliphatic heterocycles. The van der Waals surface area contributed by atoms with Crippen molar-refractivity contribution < 1.29 is 9.59 Å². The van der Waals surface area contributed by atoms with Gasteiger partial charge in [-0.1, -0.05) is 29.3 Å². The lowest BCUT2D eigenvalue weighted by atomic mass is 10.1. The molecule has 1 fully saturated rings. The third-order valence-corrected chi connectivity index (χ3v) is 4.75. The van der Waals surface area contributed by atoms with E-state index >= 15 is 0 Å². The van der Waals surface area contributed by atoms with Crippen molar-refractivity contribution >= 4 is 52.1 Å². The second-order valence-electron chi connectivity index (χ2n) is 6.27. The fraction of sp³-hybridized carbons (Fsp3) is 0.263. The van der Waals surface area contributed by atoms with Crippen LogP contribution in [0.2, 0.25) is 10.0 Å². The van der Waals surface area contributed by atoms with Gasteiger partial charge in [0, 0.05) is 22.3 Å². The van der Waals surface area contributed by atoms with Gasteiger partial charge in [-0.2, -0.15) is 0 Å². The summed E-state index contributed by atoms with van der Waals surface area (Å²) < 4.78 is 0. The maximum Gasteiger partial charge on any atom is 0.243 e. The van der Waals surface area contributed by atoms with Crippen molar-refractivity contribution in [3.05, 3.63) is 52.0 Å². The minimum absolute atomic E-state index is 0.0543. The number of amides is 2. The summed E-state index contributed by atoms with van der Waals surface area (Å²) in [6, 6.07) is 10.4. The monoisotopic (exact) mass is 391 g/mol. The highest BCUT2D eigenvalue weighted by atomic mass is 35.5. The fourth-order valence-electron chi connectivity index (χ4n) is 2.51. The Balaban J connectivity index is 1.61. The normalized spacial score (nSPS) is 13.2. The van der Waals surface area contributed by atoms with Gasteiger partial charge in [-0.3, -0.25) is 9.59 Å². The van der Waals surface area contributed by atoms with Crippen LogP contribution in [0.15, 0.2) is 36.4 Å². The first-order valence-electron chi connectivity index (χ1n) is 8.33. The standard InChI is InChI=1S/C19H19Cl2N3O2/c1-11-15(3-2-4-16(11)24-19(26)12-5-6-12)22-10-18(25)23-17-9-13(20)7-8-14(17)21/h2-4,7-9,12,22H,5-6,10H2,1H3,(H,23,25)(H,24,26). The first-order valence-corrected chi connectivity index (χ1v) is 9.09. The van der Waals surface area contributed by atoms with Crippen LogP contribution in [0.3, 0.4) is 0 Å². The number of rotatable bonds is 6. The minimum Gasteiger partial charge on any atom is -0.376 e. The molecule has 1 aliphatic carbocycles. The number of halogens is 2. The molecule has 26 heavy (non-hydrogen) atoms. The number of nitrogens with one attached hydrogen (secondary N) is 3. The molecular formula is C19H19Cl2N3O2. The van der Waals surface area contributed by atoms with Crippen molar-refractivity contribution in [1.82, 2.24) is 0 Å². The second kappa shape index (κ2) is 7.98. The molecule has 0 saturated heterocycles. The zero-order valence-electron chi connectivity index (χ0n) is 14.2. The topological polar surface area (TPSA) is 70.2 Å². The zero-order valence-corrected chi connectivity index (χ0v) is 15.7. The van der Waals surface area contributed by atoms with Crippen molar-refractivity contribution in [3.8, 4) is 0 Å². The number of hydrogen-bond acceptors (Lipinski definition) is 3. The fourth-order valence-corrected chi connectivity index (χ4v) is 2.84. The van der Waals surface area contributed by atoms with Crippen molar-refractivity contribution in [1.29, 1.82) is 0 Å². The Hall–Kier alpha value is -2.24. The van der Waals surface area contributed by atoms with Crippen molar-refractivity contribution in [3.63, 3.8) is 0 Å².